The maximum absolute atomic E-state index is 9.73. The van der Waals surface area contributed by atoms with Crippen LogP contribution in [-0.4, -0.2) is 10.1 Å². The van der Waals surface area contributed by atoms with E-state index >= 15 is 0 Å². The van der Waals surface area contributed by atoms with Gasteiger partial charge in [-0.25, -0.2) is 4.98 Å². The van der Waals surface area contributed by atoms with Crippen LogP contribution in [0.5, 0.6) is 5.75 Å². The molecule has 1 aromatic carbocycles. The van der Waals surface area contributed by atoms with Gasteiger partial charge in [-0.05, 0) is 19.9 Å². The fourth-order valence-corrected chi connectivity index (χ4v) is 2.32. The van der Waals surface area contributed by atoms with Crippen LogP contribution in [0.1, 0.15) is 29.1 Å². The van der Waals surface area contributed by atoms with Crippen LogP contribution in [0.25, 0.3) is 0 Å². The van der Waals surface area contributed by atoms with Crippen molar-refractivity contribution in [3.63, 3.8) is 0 Å². The number of hydrogen-bond donors (Lipinski definition) is 2. The molecule has 0 aliphatic carbocycles. The van der Waals surface area contributed by atoms with Crippen LogP contribution in [0.2, 0.25) is 0 Å². The minimum atomic E-state index is 0.204. The van der Waals surface area contributed by atoms with E-state index in [-0.39, 0.29) is 6.04 Å². The molecular formula is C13H16N2OS. The van der Waals surface area contributed by atoms with E-state index in [1.807, 2.05) is 30.6 Å². The smallest absolute Gasteiger partial charge is 0.120 e. The molecule has 0 bridgehead atoms. The number of nitrogens with zero attached hydrogens (tertiary/aromatic N) is 1. The van der Waals surface area contributed by atoms with Crippen molar-refractivity contribution in [2.75, 3.05) is 0 Å². The normalized spacial score (nSPS) is 12.6. The lowest BCUT2D eigenvalue weighted by Gasteiger charge is -2.12. The zero-order valence-corrected chi connectivity index (χ0v) is 10.8. The third-order valence-corrected chi connectivity index (χ3v) is 3.61. The number of thiazole rings is 1. The molecule has 1 aromatic heterocycles. The quantitative estimate of drug-likeness (QED) is 0.874. The second kappa shape index (κ2) is 5.29. The zero-order valence-electron chi connectivity index (χ0n) is 9.97. The van der Waals surface area contributed by atoms with Gasteiger partial charge in [0.25, 0.3) is 0 Å². The maximum Gasteiger partial charge on any atom is 0.120 e. The Hall–Kier alpha value is -1.39. The predicted molar refractivity (Wildman–Crippen MR) is 70.2 cm³/mol. The summed E-state index contributed by atoms with van der Waals surface area (Å²) in [5, 5.41) is 16.1. The molecule has 17 heavy (non-hydrogen) atoms. The molecule has 2 aromatic rings. The van der Waals surface area contributed by atoms with Gasteiger partial charge in [-0.1, -0.05) is 17.7 Å². The van der Waals surface area contributed by atoms with E-state index in [2.05, 4.69) is 17.2 Å². The van der Waals surface area contributed by atoms with Crippen LogP contribution in [0, 0.1) is 6.92 Å². The van der Waals surface area contributed by atoms with Gasteiger partial charge in [-0.2, -0.15) is 0 Å². The molecule has 0 spiro atoms. The van der Waals surface area contributed by atoms with Crippen molar-refractivity contribution < 1.29 is 5.11 Å². The van der Waals surface area contributed by atoms with Gasteiger partial charge in [0.15, 0.2) is 0 Å². The number of rotatable bonds is 4. The summed E-state index contributed by atoms with van der Waals surface area (Å²) in [5.41, 5.74) is 2.08. The van der Waals surface area contributed by atoms with Crippen LogP contribution >= 0.6 is 11.3 Å². The van der Waals surface area contributed by atoms with Crippen molar-refractivity contribution in [2.24, 2.45) is 0 Å². The largest absolute Gasteiger partial charge is 0.508 e. The Balaban J connectivity index is 2.00. The summed E-state index contributed by atoms with van der Waals surface area (Å²) < 4.78 is 0. The van der Waals surface area contributed by atoms with Crippen LogP contribution in [0.3, 0.4) is 0 Å². The fourth-order valence-electron chi connectivity index (χ4n) is 1.65. The Labute approximate surface area is 105 Å². The van der Waals surface area contributed by atoms with E-state index in [4.69, 9.17) is 0 Å². The number of benzene rings is 1. The molecule has 1 atom stereocenters. The number of phenolic OH excluding ortho intramolecular Hbond substituents is 1. The van der Waals surface area contributed by atoms with Crippen molar-refractivity contribution in [1.29, 1.82) is 0 Å². The molecule has 1 unspecified atom stereocenters. The molecule has 3 nitrogen and oxygen atoms in total. The Morgan fingerprint density at radius 3 is 3.00 bits per heavy atom. The maximum atomic E-state index is 9.73. The lowest BCUT2D eigenvalue weighted by Crippen LogP contribution is -2.18. The highest BCUT2D eigenvalue weighted by Gasteiger charge is 2.08. The minimum Gasteiger partial charge on any atom is -0.508 e. The van der Waals surface area contributed by atoms with E-state index < -0.39 is 0 Å². The first kappa shape index (κ1) is 12.1. The Morgan fingerprint density at radius 1 is 1.47 bits per heavy atom. The highest BCUT2D eigenvalue weighted by Crippen LogP contribution is 2.20. The lowest BCUT2D eigenvalue weighted by molar-refractivity contribution is 0.460. The van der Waals surface area contributed by atoms with Crippen molar-refractivity contribution in [3.8, 4) is 5.75 Å². The van der Waals surface area contributed by atoms with Crippen molar-refractivity contribution in [1.82, 2.24) is 10.3 Å². The molecular weight excluding hydrogens is 232 g/mol. The van der Waals surface area contributed by atoms with E-state index in [1.165, 1.54) is 0 Å². The Morgan fingerprint density at radius 2 is 2.29 bits per heavy atom. The van der Waals surface area contributed by atoms with E-state index in [0.717, 1.165) is 16.1 Å². The first-order chi connectivity index (χ1) is 8.16. The zero-order chi connectivity index (χ0) is 12.3. The number of aryl methyl sites for hydroxylation is 1. The summed E-state index contributed by atoms with van der Waals surface area (Å²) in [7, 11) is 0. The molecule has 0 amide bonds. The Bertz CT molecular complexity index is 482. The summed E-state index contributed by atoms with van der Waals surface area (Å²) in [6.45, 7) is 4.74. The molecule has 0 saturated heterocycles. The van der Waals surface area contributed by atoms with Crippen molar-refractivity contribution in [3.05, 3.63) is 45.9 Å². The standard InChI is InChI=1S/C13H16N2OS/c1-9-3-4-12(16)11(7-9)8-15-10(2)13-14-5-6-17-13/h3-7,10,15-16H,8H2,1-2H3. The van der Waals surface area contributed by atoms with Crippen molar-refractivity contribution in [2.45, 2.75) is 26.4 Å². The molecule has 0 saturated carbocycles. The van der Waals surface area contributed by atoms with Crippen LogP contribution < -0.4 is 5.32 Å². The molecule has 90 valence electrons. The molecule has 0 fully saturated rings. The lowest BCUT2D eigenvalue weighted by atomic mass is 10.1. The average molecular weight is 248 g/mol. The topological polar surface area (TPSA) is 45.1 Å². The molecule has 4 heteroatoms. The van der Waals surface area contributed by atoms with E-state index in [0.29, 0.717) is 12.3 Å². The molecule has 2 N–H and O–H groups in total. The molecule has 0 radical (unpaired) electrons. The molecule has 1 heterocycles. The second-order valence-electron chi connectivity index (χ2n) is 4.11. The van der Waals surface area contributed by atoms with E-state index in [9.17, 15) is 5.11 Å². The van der Waals surface area contributed by atoms with Gasteiger partial charge in [0, 0.05) is 23.7 Å². The number of aromatic hydroxyl groups is 1. The van der Waals surface area contributed by atoms with Crippen LogP contribution in [0.15, 0.2) is 29.8 Å². The average Bonchev–Trinajstić information content (AvgIpc) is 2.83. The second-order valence-corrected chi connectivity index (χ2v) is 5.03. The molecule has 0 aliphatic heterocycles. The van der Waals surface area contributed by atoms with Gasteiger partial charge in [0.2, 0.25) is 0 Å². The first-order valence-electron chi connectivity index (χ1n) is 5.58. The third kappa shape index (κ3) is 3.05. The SMILES string of the molecule is Cc1ccc(O)c(CNC(C)c2nccs2)c1. The van der Waals surface area contributed by atoms with Gasteiger partial charge in [-0.3, -0.25) is 0 Å². The number of phenols is 1. The number of aromatic nitrogens is 1. The minimum absolute atomic E-state index is 0.204. The number of hydrogen-bond acceptors (Lipinski definition) is 4. The number of nitrogens with one attached hydrogen (secondary N) is 1. The predicted octanol–water partition coefficient (Wildman–Crippen LogP) is 3.01. The molecule has 2 rings (SSSR count). The summed E-state index contributed by atoms with van der Waals surface area (Å²) in [4.78, 5) is 4.26. The van der Waals surface area contributed by atoms with Gasteiger partial charge in [-0.15, -0.1) is 11.3 Å². The monoisotopic (exact) mass is 248 g/mol. The first-order valence-corrected chi connectivity index (χ1v) is 6.46. The Kier molecular flexibility index (Phi) is 3.76. The van der Waals surface area contributed by atoms with Gasteiger partial charge < -0.3 is 10.4 Å². The van der Waals surface area contributed by atoms with Crippen LogP contribution in [0.4, 0.5) is 0 Å². The fraction of sp³-hybridized carbons (Fsp3) is 0.308. The molecule has 0 aliphatic rings. The van der Waals surface area contributed by atoms with Gasteiger partial charge >= 0.3 is 0 Å². The summed E-state index contributed by atoms with van der Waals surface area (Å²) in [6, 6.07) is 5.84. The van der Waals surface area contributed by atoms with Crippen LogP contribution in [-0.2, 0) is 6.54 Å². The van der Waals surface area contributed by atoms with E-state index in [1.54, 1.807) is 17.4 Å². The van der Waals surface area contributed by atoms with Gasteiger partial charge in [0.1, 0.15) is 10.8 Å². The van der Waals surface area contributed by atoms with Gasteiger partial charge in [0.05, 0.1) is 6.04 Å². The summed E-state index contributed by atoms with van der Waals surface area (Å²) in [5.74, 6) is 0.342. The van der Waals surface area contributed by atoms with Crippen molar-refractivity contribution >= 4 is 11.3 Å². The summed E-state index contributed by atoms with van der Waals surface area (Å²) >= 11 is 1.64. The third-order valence-electron chi connectivity index (χ3n) is 2.66. The highest BCUT2D eigenvalue weighted by molar-refractivity contribution is 7.09. The summed E-state index contributed by atoms with van der Waals surface area (Å²) in [6.07, 6.45) is 1.81. The highest BCUT2D eigenvalue weighted by atomic mass is 32.1.